The standard InChI is InChI=1S/C58H102N4O9/c1-40(2)24-23-25-41(3)45-29-30-46-44-28-27-42-38-43(31-33-57(42,13)47(44)32-34-58(45,46)14)68-49(63)39-62(37-22-18-16-15-17-20-35-59-51(65)69-54(4,5)6)50(64)48(61-53(67)71-56(10,11)12)26-19-21-36-60-52(66)70-55(7,8)9/h27,40-41,43-48H,15-26,28-39H2,1-14H3,(H,59,65)(H,60,66)(H,61,67)/t41?,43-,44-,45+,46-,47-,48?,57-,58+/m0/s1. The third kappa shape index (κ3) is 19.4. The second kappa shape index (κ2) is 26.6. The molecule has 3 N–H and O–H groups in total. The van der Waals surface area contributed by atoms with Crippen molar-refractivity contribution in [2.45, 2.75) is 254 Å². The SMILES string of the molecule is CC(C)CCCC(C)[C@H]1CC[C@H]2[C@@H]3CC=C4C[C@@H](OC(=O)CN(CCCCCCCCNC(=O)OC(C)(C)C)C(=O)C(CCCCNC(=O)OC(C)(C)C)NC(=O)OC(C)(C)C)CC[C@]4(C)[C@H]3CC[C@]12C. The quantitative estimate of drug-likeness (QED) is 0.0370. The zero-order valence-electron chi connectivity index (χ0n) is 47.3. The van der Waals surface area contributed by atoms with Crippen molar-refractivity contribution in [3.63, 3.8) is 0 Å². The van der Waals surface area contributed by atoms with E-state index in [1.165, 1.54) is 50.5 Å². The lowest BCUT2D eigenvalue weighted by molar-refractivity contribution is -0.156. The fraction of sp³-hybridized carbons (Fsp3) is 0.879. The lowest BCUT2D eigenvalue weighted by Crippen LogP contribution is -2.52. The van der Waals surface area contributed by atoms with Gasteiger partial charge < -0.3 is 39.8 Å². The summed E-state index contributed by atoms with van der Waals surface area (Å²) in [5.41, 5.74) is 0.0613. The van der Waals surface area contributed by atoms with Crippen LogP contribution in [0.15, 0.2) is 11.6 Å². The van der Waals surface area contributed by atoms with Gasteiger partial charge in [0, 0.05) is 26.1 Å². The maximum absolute atomic E-state index is 14.6. The van der Waals surface area contributed by atoms with Gasteiger partial charge in [-0.2, -0.15) is 0 Å². The first kappa shape index (κ1) is 60.0. The zero-order chi connectivity index (χ0) is 52.8. The number of rotatable bonds is 24. The van der Waals surface area contributed by atoms with E-state index in [0.29, 0.717) is 50.2 Å². The number of carbonyl (C=O) groups is 5. The molecule has 3 fully saturated rings. The first-order valence-electron chi connectivity index (χ1n) is 28.2. The Morgan fingerprint density at radius 2 is 1.24 bits per heavy atom. The molecule has 0 bridgehead atoms. The Morgan fingerprint density at radius 3 is 1.85 bits per heavy atom. The van der Waals surface area contributed by atoms with E-state index in [9.17, 15) is 24.0 Å². The van der Waals surface area contributed by atoms with E-state index in [1.807, 2.05) is 20.8 Å². The fourth-order valence-electron chi connectivity index (χ4n) is 12.9. The molecule has 0 aromatic rings. The molecule has 0 aliphatic heterocycles. The summed E-state index contributed by atoms with van der Waals surface area (Å²) in [7, 11) is 0. The minimum absolute atomic E-state index is 0.119. The lowest BCUT2D eigenvalue weighted by atomic mass is 9.47. The van der Waals surface area contributed by atoms with Crippen LogP contribution in [0.4, 0.5) is 14.4 Å². The van der Waals surface area contributed by atoms with Gasteiger partial charge in [0.2, 0.25) is 5.91 Å². The fourth-order valence-corrected chi connectivity index (χ4v) is 12.9. The van der Waals surface area contributed by atoms with Crippen LogP contribution in [-0.4, -0.2) is 90.2 Å². The molecule has 4 rings (SSSR count). The molecule has 4 aliphatic carbocycles. The molecule has 3 saturated carbocycles. The molecule has 0 aromatic heterocycles. The molecule has 0 saturated heterocycles. The van der Waals surface area contributed by atoms with Crippen molar-refractivity contribution < 1.29 is 42.9 Å². The van der Waals surface area contributed by atoms with Gasteiger partial charge in [0.1, 0.15) is 35.5 Å². The number of alkyl carbamates (subject to hydrolysis) is 3. The maximum atomic E-state index is 14.6. The number of ether oxygens (including phenoxy) is 4. The van der Waals surface area contributed by atoms with Crippen LogP contribution in [0.5, 0.6) is 0 Å². The number of carbonyl (C=O) groups excluding carboxylic acids is 5. The minimum Gasteiger partial charge on any atom is -0.461 e. The molecule has 0 aromatic carbocycles. The predicted molar refractivity (Wildman–Crippen MR) is 283 cm³/mol. The average Bonchev–Trinajstić information content (AvgIpc) is 3.60. The van der Waals surface area contributed by atoms with E-state index in [2.05, 4.69) is 56.6 Å². The van der Waals surface area contributed by atoms with E-state index in [-0.39, 0.29) is 30.4 Å². The summed E-state index contributed by atoms with van der Waals surface area (Å²) in [6, 6.07) is -0.951. The number of hydrogen-bond donors (Lipinski definition) is 3. The van der Waals surface area contributed by atoms with Gasteiger partial charge in [-0.25, -0.2) is 14.4 Å². The second-order valence-corrected chi connectivity index (χ2v) is 26.1. The van der Waals surface area contributed by atoms with Gasteiger partial charge in [0.05, 0.1) is 0 Å². The van der Waals surface area contributed by atoms with Crippen molar-refractivity contribution in [2.75, 3.05) is 26.2 Å². The molecule has 0 spiro atoms. The number of nitrogens with one attached hydrogen (secondary N) is 3. The van der Waals surface area contributed by atoms with Gasteiger partial charge in [0.15, 0.2) is 0 Å². The molecule has 2 unspecified atom stereocenters. The summed E-state index contributed by atoms with van der Waals surface area (Å²) in [6.45, 7) is 29.6. The lowest BCUT2D eigenvalue weighted by Gasteiger charge is -2.58. The molecule has 9 atom stereocenters. The Kier molecular flexibility index (Phi) is 22.5. The normalized spacial score (nSPS) is 26.1. The highest BCUT2D eigenvalue weighted by atomic mass is 16.6. The molecule has 13 heteroatoms. The first-order chi connectivity index (χ1) is 33.1. The van der Waals surface area contributed by atoms with E-state index >= 15 is 0 Å². The molecular formula is C58H102N4O9. The van der Waals surface area contributed by atoms with Crippen molar-refractivity contribution in [2.24, 2.45) is 46.3 Å². The number of hydrogen-bond acceptors (Lipinski definition) is 9. The molecule has 408 valence electrons. The summed E-state index contributed by atoms with van der Waals surface area (Å²) in [4.78, 5) is 67.7. The average molecular weight is 999 g/mol. The van der Waals surface area contributed by atoms with Crippen LogP contribution >= 0.6 is 0 Å². The predicted octanol–water partition coefficient (Wildman–Crippen LogP) is 13.2. The van der Waals surface area contributed by atoms with Crippen LogP contribution in [0.3, 0.4) is 0 Å². The van der Waals surface area contributed by atoms with Crippen LogP contribution < -0.4 is 16.0 Å². The summed E-state index contributed by atoms with van der Waals surface area (Å²) < 4.78 is 22.6. The Labute approximate surface area is 430 Å². The highest BCUT2D eigenvalue weighted by molar-refractivity contribution is 5.88. The molecule has 0 radical (unpaired) electrons. The number of esters is 1. The minimum atomic E-state index is -0.951. The van der Waals surface area contributed by atoms with Crippen molar-refractivity contribution in [1.29, 1.82) is 0 Å². The van der Waals surface area contributed by atoms with E-state index < -0.39 is 47.1 Å². The van der Waals surface area contributed by atoms with Crippen LogP contribution in [-0.2, 0) is 28.5 Å². The third-order valence-electron chi connectivity index (χ3n) is 16.3. The summed E-state index contributed by atoms with van der Waals surface area (Å²) in [6.07, 6.45) is 20.2. The summed E-state index contributed by atoms with van der Waals surface area (Å²) in [5, 5.41) is 8.41. The number of unbranched alkanes of at least 4 members (excludes halogenated alkanes) is 6. The molecular weight excluding hydrogens is 897 g/mol. The van der Waals surface area contributed by atoms with Crippen molar-refractivity contribution in [1.82, 2.24) is 20.9 Å². The number of nitrogens with zero attached hydrogens (tertiary/aromatic N) is 1. The summed E-state index contributed by atoms with van der Waals surface area (Å²) in [5.74, 6) is 3.76. The van der Waals surface area contributed by atoms with Gasteiger partial charge in [-0.15, -0.1) is 0 Å². The third-order valence-corrected chi connectivity index (χ3v) is 16.3. The zero-order valence-corrected chi connectivity index (χ0v) is 47.3. The number of fused-ring (bicyclic) bond motifs is 5. The molecule has 4 aliphatic rings. The van der Waals surface area contributed by atoms with Crippen molar-refractivity contribution >= 4 is 30.2 Å². The maximum Gasteiger partial charge on any atom is 0.408 e. The molecule has 0 heterocycles. The van der Waals surface area contributed by atoms with Crippen LogP contribution in [0.2, 0.25) is 0 Å². The highest BCUT2D eigenvalue weighted by Crippen LogP contribution is 2.67. The van der Waals surface area contributed by atoms with Crippen molar-refractivity contribution in [3.8, 4) is 0 Å². The molecule has 71 heavy (non-hydrogen) atoms. The Bertz CT molecular complexity index is 1760. The Hall–Kier alpha value is -3.51. The Balaban J connectivity index is 1.40. The van der Waals surface area contributed by atoms with Gasteiger partial charge >= 0.3 is 24.2 Å². The van der Waals surface area contributed by atoms with Gasteiger partial charge in [0.25, 0.3) is 0 Å². The van der Waals surface area contributed by atoms with Crippen LogP contribution in [0.25, 0.3) is 0 Å². The van der Waals surface area contributed by atoms with E-state index in [1.54, 1.807) is 46.4 Å². The number of amides is 4. The van der Waals surface area contributed by atoms with E-state index in [0.717, 1.165) is 87.4 Å². The van der Waals surface area contributed by atoms with Crippen molar-refractivity contribution in [3.05, 3.63) is 11.6 Å². The van der Waals surface area contributed by atoms with Gasteiger partial charge in [-0.05, 0) is 186 Å². The van der Waals surface area contributed by atoms with Crippen LogP contribution in [0.1, 0.15) is 225 Å². The molecule has 13 nitrogen and oxygen atoms in total. The largest absolute Gasteiger partial charge is 0.461 e. The Morgan fingerprint density at radius 1 is 0.662 bits per heavy atom. The van der Waals surface area contributed by atoms with Gasteiger partial charge in [-0.3, -0.25) is 9.59 Å². The van der Waals surface area contributed by atoms with Gasteiger partial charge in [-0.1, -0.05) is 91.2 Å². The number of allylic oxidation sites excluding steroid dienone is 1. The topological polar surface area (TPSA) is 162 Å². The molecule has 4 amide bonds. The first-order valence-corrected chi connectivity index (χ1v) is 28.2. The van der Waals surface area contributed by atoms with Crippen LogP contribution in [0, 0.1) is 46.3 Å². The second-order valence-electron chi connectivity index (χ2n) is 26.1. The smallest absolute Gasteiger partial charge is 0.408 e. The van der Waals surface area contributed by atoms with E-state index in [4.69, 9.17) is 18.9 Å². The monoisotopic (exact) mass is 999 g/mol. The summed E-state index contributed by atoms with van der Waals surface area (Å²) >= 11 is 0. The highest BCUT2D eigenvalue weighted by Gasteiger charge is 2.59.